The van der Waals surface area contributed by atoms with Crippen LogP contribution in [0.5, 0.6) is 28.7 Å². The van der Waals surface area contributed by atoms with Crippen LogP contribution in [0.4, 0.5) is 0 Å². The van der Waals surface area contributed by atoms with E-state index < -0.39 is 6.04 Å². The Balaban J connectivity index is 1.59. The number of ether oxygens (including phenoxy) is 3. The Hall–Kier alpha value is -4.37. The zero-order valence-electron chi connectivity index (χ0n) is 21.9. The Kier molecular flexibility index (Phi) is 7.01. The highest BCUT2D eigenvalue weighted by Crippen LogP contribution is 2.46. The number of hydrogen-bond acceptors (Lipinski definition) is 7. The molecule has 202 valence electrons. The van der Waals surface area contributed by atoms with Crippen molar-refractivity contribution < 1.29 is 29.2 Å². The molecule has 39 heavy (non-hydrogen) atoms. The molecular formula is C29H28ClN3O6. The maximum Gasteiger partial charge on any atom is 0.273 e. The lowest BCUT2D eigenvalue weighted by molar-refractivity contribution is 0.0745. The number of amides is 1. The van der Waals surface area contributed by atoms with Crippen molar-refractivity contribution in [3.05, 3.63) is 81.5 Å². The van der Waals surface area contributed by atoms with Gasteiger partial charge in [0.2, 0.25) is 0 Å². The summed E-state index contributed by atoms with van der Waals surface area (Å²) < 4.78 is 16.1. The Bertz CT molecular complexity index is 1570. The number of nitrogens with zero attached hydrogens (tertiary/aromatic N) is 2. The Labute approximate surface area is 230 Å². The van der Waals surface area contributed by atoms with Gasteiger partial charge in [0.25, 0.3) is 5.91 Å². The smallest absolute Gasteiger partial charge is 0.273 e. The summed E-state index contributed by atoms with van der Waals surface area (Å²) in [6.07, 6.45) is 0.534. The Morgan fingerprint density at radius 3 is 2.41 bits per heavy atom. The fraction of sp³-hybridized carbons (Fsp3) is 0.241. The van der Waals surface area contributed by atoms with Gasteiger partial charge in [0.05, 0.1) is 27.4 Å². The molecule has 1 aromatic heterocycles. The minimum absolute atomic E-state index is 0.00413. The number of nitrogens with one attached hydrogen (secondary N) is 1. The summed E-state index contributed by atoms with van der Waals surface area (Å²) in [5.74, 6) is 1.25. The molecule has 1 unspecified atom stereocenters. The molecular weight excluding hydrogens is 522 g/mol. The summed E-state index contributed by atoms with van der Waals surface area (Å²) in [5, 5.41) is 28.8. The summed E-state index contributed by atoms with van der Waals surface area (Å²) in [6, 6.07) is 13.3. The van der Waals surface area contributed by atoms with Crippen LogP contribution in [0.3, 0.4) is 0 Å². The summed E-state index contributed by atoms with van der Waals surface area (Å²) in [6.45, 7) is 2.16. The normalized spacial score (nSPS) is 14.4. The van der Waals surface area contributed by atoms with E-state index in [9.17, 15) is 15.0 Å². The van der Waals surface area contributed by atoms with Gasteiger partial charge in [-0.1, -0.05) is 23.7 Å². The first-order valence-electron chi connectivity index (χ1n) is 12.2. The average Bonchev–Trinajstić information content (AvgIpc) is 3.48. The van der Waals surface area contributed by atoms with Gasteiger partial charge in [-0.25, -0.2) is 0 Å². The average molecular weight is 550 g/mol. The van der Waals surface area contributed by atoms with Gasteiger partial charge >= 0.3 is 0 Å². The molecule has 1 aliphatic heterocycles. The lowest BCUT2D eigenvalue weighted by atomic mass is 9.94. The third-order valence-corrected chi connectivity index (χ3v) is 7.41. The summed E-state index contributed by atoms with van der Waals surface area (Å²) in [5.41, 5.74) is 4.15. The van der Waals surface area contributed by atoms with Crippen molar-refractivity contribution in [2.45, 2.75) is 19.4 Å². The number of carbonyl (C=O) groups excluding carboxylic acids is 1. The highest BCUT2D eigenvalue weighted by atomic mass is 35.5. The largest absolute Gasteiger partial charge is 0.507 e. The highest BCUT2D eigenvalue weighted by Gasteiger charge is 2.42. The minimum atomic E-state index is -0.574. The van der Waals surface area contributed by atoms with Gasteiger partial charge in [-0.05, 0) is 66.4 Å². The molecule has 0 saturated carbocycles. The van der Waals surface area contributed by atoms with Gasteiger partial charge in [0, 0.05) is 22.7 Å². The van der Waals surface area contributed by atoms with Crippen molar-refractivity contribution in [2.24, 2.45) is 0 Å². The number of carbonyl (C=O) groups is 1. The van der Waals surface area contributed by atoms with E-state index in [2.05, 4.69) is 10.2 Å². The summed E-state index contributed by atoms with van der Waals surface area (Å²) >= 11 is 6.40. The van der Waals surface area contributed by atoms with Crippen LogP contribution in [0.25, 0.3) is 11.3 Å². The lowest BCUT2D eigenvalue weighted by Crippen LogP contribution is -2.31. The molecule has 0 saturated heterocycles. The number of methoxy groups -OCH3 is 3. The third kappa shape index (κ3) is 4.59. The number of hydrogen-bond donors (Lipinski definition) is 3. The molecule has 3 N–H and O–H groups in total. The van der Waals surface area contributed by atoms with E-state index in [1.165, 1.54) is 13.2 Å². The van der Waals surface area contributed by atoms with Crippen LogP contribution in [0, 0.1) is 6.92 Å². The minimum Gasteiger partial charge on any atom is -0.507 e. The maximum absolute atomic E-state index is 13.7. The molecule has 1 atom stereocenters. The molecule has 0 bridgehead atoms. The van der Waals surface area contributed by atoms with Crippen LogP contribution in [-0.4, -0.2) is 59.1 Å². The predicted molar refractivity (Wildman–Crippen MR) is 146 cm³/mol. The van der Waals surface area contributed by atoms with Gasteiger partial charge in [0.1, 0.15) is 17.1 Å². The molecule has 0 radical (unpaired) electrons. The number of aryl methyl sites for hydroxylation is 1. The van der Waals surface area contributed by atoms with Gasteiger partial charge in [-0.3, -0.25) is 9.89 Å². The van der Waals surface area contributed by atoms with E-state index >= 15 is 0 Å². The van der Waals surface area contributed by atoms with Crippen molar-refractivity contribution >= 4 is 17.5 Å². The number of benzene rings is 3. The second-order valence-electron chi connectivity index (χ2n) is 9.25. The number of fused-ring (bicyclic) bond motifs is 1. The molecule has 10 heteroatoms. The van der Waals surface area contributed by atoms with E-state index in [-0.39, 0.29) is 23.2 Å². The lowest BCUT2D eigenvalue weighted by Gasteiger charge is -2.27. The van der Waals surface area contributed by atoms with E-state index in [0.717, 1.165) is 11.1 Å². The number of aromatic amines is 1. The number of aromatic hydroxyl groups is 2. The van der Waals surface area contributed by atoms with Gasteiger partial charge < -0.3 is 29.3 Å². The Morgan fingerprint density at radius 1 is 0.949 bits per heavy atom. The van der Waals surface area contributed by atoms with Crippen LogP contribution in [0.15, 0.2) is 48.5 Å². The molecule has 0 fully saturated rings. The number of aromatic nitrogens is 2. The van der Waals surface area contributed by atoms with Crippen molar-refractivity contribution in [2.75, 3.05) is 27.9 Å². The van der Waals surface area contributed by atoms with Crippen LogP contribution >= 0.6 is 11.6 Å². The number of H-pyrrole nitrogens is 1. The van der Waals surface area contributed by atoms with Gasteiger partial charge in [0.15, 0.2) is 23.0 Å². The molecule has 2 heterocycles. The Morgan fingerprint density at radius 2 is 1.69 bits per heavy atom. The van der Waals surface area contributed by atoms with E-state index in [0.29, 0.717) is 57.6 Å². The fourth-order valence-corrected chi connectivity index (χ4v) is 5.15. The monoisotopic (exact) mass is 549 g/mol. The topological polar surface area (TPSA) is 117 Å². The second kappa shape index (κ2) is 10.4. The highest BCUT2D eigenvalue weighted by molar-refractivity contribution is 6.31. The predicted octanol–water partition coefficient (Wildman–Crippen LogP) is 5.26. The first kappa shape index (κ1) is 26.2. The molecule has 1 amide bonds. The van der Waals surface area contributed by atoms with E-state index in [4.69, 9.17) is 25.8 Å². The standard InChI is InChI=1S/C29H28ClN3O6/c1-15-11-21(35)18(14-19(15)30)26-25-27(32-31-26)29(36)33(28(25)17-6-7-20(34)23(13-17)38-3)10-9-16-5-8-22(37-2)24(12-16)39-4/h5-8,11-14,28,34-35H,9-10H2,1-4H3,(H,31,32). The molecule has 1 aliphatic rings. The molecule has 0 spiro atoms. The third-order valence-electron chi connectivity index (χ3n) is 7.00. The quantitative estimate of drug-likeness (QED) is 0.274. The van der Waals surface area contributed by atoms with Gasteiger partial charge in [-0.15, -0.1) is 0 Å². The zero-order chi connectivity index (χ0) is 27.8. The fourth-order valence-electron chi connectivity index (χ4n) is 4.99. The van der Waals surface area contributed by atoms with Crippen LogP contribution in [-0.2, 0) is 6.42 Å². The number of phenols is 2. The molecule has 0 aliphatic carbocycles. The number of halogens is 1. The van der Waals surface area contributed by atoms with Crippen molar-refractivity contribution in [1.82, 2.24) is 15.1 Å². The van der Waals surface area contributed by atoms with Crippen LogP contribution in [0.2, 0.25) is 5.02 Å². The molecule has 5 rings (SSSR count). The molecule has 9 nitrogen and oxygen atoms in total. The number of phenolic OH excluding ortho intramolecular Hbond substituents is 2. The molecule has 4 aromatic rings. The van der Waals surface area contributed by atoms with Crippen molar-refractivity contribution in [3.8, 4) is 40.0 Å². The second-order valence-corrected chi connectivity index (χ2v) is 9.66. The zero-order valence-corrected chi connectivity index (χ0v) is 22.7. The first-order chi connectivity index (χ1) is 18.8. The van der Waals surface area contributed by atoms with Gasteiger partial charge in [-0.2, -0.15) is 5.10 Å². The van der Waals surface area contributed by atoms with E-state index in [1.54, 1.807) is 50.3 Å². The summed E-state index contributed by atoms with van der Waals surface area (Å²) in [4.78, 5) is 15.5. The molecule has 3 aromatic carbocycles. The maximum atomic E-state index is 13.7. The number of rotatable bonds is 8. The van der Waals surface area contributed by atoms with Crippen molar-refractivity contribution in [1.29, 1.82) is 0 Å². The van der Waals surface area contributed by atoms with Crippen LogP contribution in [0.1, 0.15) is 38.8 Å². The van der Waals surface area contributed by atoms with E-state index in [1.807, 2.05) is 18.2 Å². The van der Waals surface area contributed by atoms with Crippen LogP contribution < -0.4 is 14.2 Å². The first-order valence-corrected chi connectivity index (χ1v) is 12.6. The van der Waals surface area contributed by atoms with Crippen molar-refractivity contribution in [3.63, 3.8) is 0 Å². The summed E-state index contributed by atoms with van der Waals surface area (Å²) in [7, 11) is 4.62. The SMILES string of the molecule is COc1cc(C2c3c(-c4cc(Cl)c(C)cc4O)n[nH]c3C(=O)N2CCc2ccc(OC)c(OC)c2)ccc1O.